The molecule has 0 spiro atoms. The zero-order valence-electron chi connectivity index (χ0n) is 9.90. The van der Waals surface area contributed by atoms with E-state index < -0.39 is 8.60 Å². The van der Waals surface area contributed by atoms with Gasteiger partial charge in [-0.25, -0.2) is 0 Å². The fourth-order valence-electron chi connectivity index (χ4n) is 0.956. The molecule has 0 aliphatic rings. The van der Waals surface area contributed by atoms with Crippen LogP contribution in [0.4, 0.5) is 11.4 Å². The predicted molar refractivity (Wildman–Crippen MR) is 67.1 cm³/mol. The summed E-state index contributed by atoms with van der Waals surface area (Å²) in [5.41, 5.74) is 9.58. The van der Waals surface area contributed by atoms with Crippen molar-refractivity contribution >= 4 is 20.0 Å². The van der Waals surface area contributed by atoms with Gasteiger partial charge in [-0.15, -0.1) is 0 Å². The lowest BCUT2D eigenvalue weighted by Crippen LogP contribution is -2.39. The molecule has 0 heterocycles. The SMILES string of the molecule is [NH3+]c1ccccc1.[NH3+]c1ccccc1.[O-]P([O-])O. The Morgan fingerprint density at radius 2 is 0.944 bits per heavy atom. The van der Waals surface area contributed by atoms with E-state index in [1.54, 1.807) is 0 Å². The number of rotatable bonds is 0. The van der Waals surface area contributed by atoms with Crippen LogP contribution in [0, 0.1) is 0 Å². The van der Waals surface area contributed by atoms with Gasteiger partial charge < -0.3 is 26.1 Å². The zero-order valence-corrected chi connectivity index (χ0v) is 10.8. The molecule has 0 aliphatic heterocycles. The number of hydrogen-bond acceptors (Lipinski definition) is 3. The van der Waals surface area contributed by atoms with Crippen LogP contribution in [-0.2, 0) is 0 Å². The van der Waals surface area contributed by atoms with Gasteiger partial charge in [-0.3, -0.25) is 0 Å². The Bertz CT molecular complexity index is 358. The molecule has 7 N–H and O–H groups in total. The molecular weight excluding hydrogens is 251 g/mol. The normalized spacial score (nSPS) is 8.78. The van der Waals surface area contributed by atoms with E-state index in [9.17, 15) is 0 Å². The van der Waals surface area contributed by atoms with Crippen molar-refractivity contribution in [2.75, 3.05) is 0 Å². The molecule has 0 aliphatic carbocycles. The molecule has 0 radical (unpaired) electrons. The summed E-state index contributed by atoms with van der Waals surface area (Å²) >= 11 is 0. The second kappa shape index (κ2) is 10.8. The van der Waals surface area contributed by atoms with Crippen molar-refractivity contribution in [2.45, 2.75) is 0 Å². The van der Waals surface area contributed by atoms with Crippen molar-refractivity contribution in [3.63, 3.8) is 0 Å². The fraction of sp³-hybridized carbons (Fsp3) is 0. The van der Waals surface area contributed by atoms with Gasteiger partial charge >= 0.3 is 0 Å². The van der Waals surface area contributed by atoms with Gasteiger partial charge in [0.1, 0.15) is 11.4 Å². The van der Waals surface area contributed by atoms with Crippen molar-refractivity contribution in [3.05, 3.63) is 60.7 Å². The van der Waals surface area contributed by atoms with Crippen molar-refractivity contribution in [2.24, 2.45) is 0 Å². The van der Waals surface area contributed by atoms with E-state index in [-0.39, 0.29) is 0 Å². The van der Waals surface area contributed by atoms with E-state index >= 15 is 0 Å². The summed E-state index contributed by atoms with van der Waals surface area (Å²) in [6, 6.07) is 19.7. The molecule has 0 saturated carbocycles. The van der Waals surface area contributed by atoms with E-state index in [0.29, 0.717) is 0 Å². The Morgan fingerprint density at radius 1 is 0.722 bits per heavy atom. The predicted octanol–water partition coefficient (Wildman–Crippen LogP) is -0.954. The lowest BCUT2D eigenvalue weighted by molar-refractivity contribution is -0.313. The monoisotopic (exact) mass is 268 g/mol. The van der Waals surface area contributed by atoms with E-state index in [1.165, 1.54) is 0 Å². The zero-order chi connectivity index (χ0) is 13.8. The van der Waals surface area contributed by atoms with E-state index in [0.717, 1.165) is 11.4 Å². The second-order valence-electron chi connectivity index (χ2n) is 3.21. The number of benzene rings is 2. The van der Waals surface area contributed by atoms with Crippen LogP contribution in [-0.4, -0.2) is 4.89 Å². The van der Waals surface area contributed by atoms with Crippen LogP contribution in [0.25, 0.3) is 0 Å². The summed E-state index contributed by atoms with van der Waals surface area (Å²) in [6.45, 7) is 0. The molecule has 18 heavy (non-hydrogen) atoms. The Morgan fingerprint density at radius 3 is 1.06 bits per heavy atom. The van der Waals surface area contributed by atoms with Gasteiger partial charge in [0, 0.05) is 0 Å². The van der Waals surface area contributed by atoms with Crippen LogP contribution < -0.4 is 21.3 Å². The van der Waals surface area contributed by atoms with Crippen molar-refractivity contribution in [1.29, 1.82) is 0 Å². The average molecular weight is 268 g/mol. The molecule has 2 aromatic rings. The third-order valence-electron chi connectivity index (χ3n) is 1.69. The van der Waals surface area contributed by atoms with Gasteiger partial charge in [-0.2, -0.15) is 8.60 Å². The van der Waals surface area contributed by atoms with Crippen LogP contribution in [0.2, 0.25) is 0 Å². The minimum Gasteiger partial charge on any atom is -0.820 e. The Balaban J connectivity index is 0.000000253. The van der Waals surface area contributed by atoms with E-state index in [1.807, 2.05) is 60.7 Å². The van der Waals surface area contributed by atoms with Gasteiger partial charge in [0.15, 0.2) is 0 Å². The maximum absolute atomic E-state index is 8.59. The van der Waals surface area contributed by atoms with Crippen molar-refractivity contribution in [3.8, 4) is 0 Å². The van der Waals surface area contributed by atoms with Gasteiger partial charge in [0.25, 0.3) is 0 Å². The van der Waals surface area contributed by atoms with Crippen LogP contribution in [0.15, 0.2) is 60.7 Å². The Labute approximate surface area is 107 Å². The highest BCUT2D eigenvalue weighted by Gasteiger charge is 1.77. The molecule has 2 aromatic carbocycles. The topological polar surface area (TPSA) is 122 Å². The van der Waals surface area contributed by atoms with Gasteiger partial charge in [0.05, 0.1) is 0 Å². The highest BCUT2D eigenvalue weighted by atomic mass is 31.2. The highest BCUT2D eigenvalue weighted by Crippen LogP contribution is 1.95. The van der Waals surface area contributed by atoms with Crippen molar-refractivity contribution < 1.29 is 26.1 Å². The summed E-state index contributed by atoms with van der Waals surface area (Å²) in [5, 5.41) is 0. The van der Waals surface area contributed by atoms with Gasteiger partial charge in [0.2, 0.25) is 0 Å². The summed E-state index contributed by atoms with van der Waals surface area (Å²) in [6.07, 6.45) is 0. The highest BCUT2D eigenvalue weighted by molar-refractivity contribution is 7.35. The largest absolute Gasteiger partial charge is 0.820 e. The van der Waals surface area contributed by atoms with Gasteiger partial charge in [-0.05, 0) is 24.3 Å². The summed E-state index contributed by atoms with van der Waals surface area (Å²) < 4.78 is 0. The maximum atomic E-state index is 8.59. The van der Waals surface area contributed by atoms with Gasteiger partial charge in [-0.1, -0.05) is 36.4 Å². The molecule has 0 bridgehead atoms. The Kier molecular flexibility index (Phi) is 10.0. The summed E-state index contributed by atoms with van der Waals surface area (Å²) in [5.74, 6) is 0. The fourth-order valence-corrected chi connectivity index (χ4v) is 0.956. The van der Waals surface area contributed by atoms with Crippen molar-refractivity contribution in [1.82, 2.24) is 0 Å². The van der Waals surface area contributed by atoms with Crippen LogP contribution in [0.1, 0.15) is 0 Å². The first-order valence-electron chi connectivity index (χ1n) is 5.09. The second-order valence-corrected chi connectivity index (χ2v) is 3.68. The number of hydrogen-bond donors (Lipinski definition) is 3. The number of quaternary nitrogens is 2. The maximum Gasteiger partial charge on any atom is 0.127 e. The molecule has 5 nitrogen and oxygen atoms in total. The third kappa shape index (κ3) is 12.7. The molecule has 0 fully saturated rings. The third-order valence-corrected chi connectivity index (χ3v) is 1.69. The molecular formula is C12H17N2O3P. The quantitative estimate of drug-likeness (QED) is 0.534. The van der Waals surface area contributed by atoms with Crippen LogP contribution in [0.5, 0.6) is 0 Å². The average Bonchev–Trinajstić information content (AvgIpc) is 2.31. The summed E-state index contributed by atoms with van der Waals surface area (Å²) in [7, 11) is -3.12. The lowest BCUT2D eigenvalue weighted by Gasteiger charge is -2.19. The first-order chi connectivity index (χ1) is 8.52. The summed E-state index contributed by atoms with van der Waals surface area (Å²) in [4.78, 5) is 24.2. The minimum absolute atomic E-state index is 1.07. The first kappa shape index (κ1) is 16.7. The molecule has 6 heteroatoms. The van der Waals surface area contributed by atoms with E-state index in [2.05, 4.69) is 11.5 Å². The lowest BCUT2D eigenvalue weighted by atomic mass is 10.3. The molecule has 0 atom stereocenters. The standard InChI is InChI=1S/2C6H7N.HO3P/c2*7-6-4-2-1-3-5-6;1-4(2)3/h2*1-5H,7H2;1H/q;;-2/p+2. The molecule has 98 valence electrons. The van der Waals surface area contributed by atoms with E-state index in [4.69, 9.17) is 14.7 Å². The Hall–Kier alpha value is -1.33. The molecule has 0 amide bonds. The molecule has 0 aromatic heterocycles. The van der Waals surface area contributed by atoms with Crippen LogP contribution in [0.3, 0.4) is 0 Å². The first-order valence-corrected chi connectivity index (χ1v) is 6.22. The molecule has 2 rings (SSSR count). The minimum atomic E-state index is -3.12. The smallest absolute Gasteiger partial charge is 0.127 e. The molecule has 0 saturated heterocycles. The van der Waals surface area contributed by atoms with Crippen LogP contribution >= 0.6 is 8.60 Å². The molecule has 0 unspecified atom stereocenters.